The van der Waals surface area contributed by atoms with Crippen molar-refractivity contribution in [3.8, 4) is 0 Å². The van der Waals surface area contributed by atoms with E-state index in [1.54, 1.807) is 13.0 Å². The van der Waals surface area contributed by atoms with Crippen LogP contribution in [0.25, 0.3) is 6.08 Å². The van der Waals surface area contributed by atoms with Gasteiger partial charge in [0.1, 0.15) is 24.0 Å². The molecule has 2 heterocycles. The second-order valence-corrected chi connectivity index (χ2v) is 13.0. The number of nitrogens with one attached hydrogen (secondary N) is 4. The van der Waals surface area contributed by atoms with Crippen LogP contribution in [-0.2, 0) is 32.1 Å². The minimum Gasteiger partial charge on any atom is -0.451 e. The summed E-state index contributed by atoms with van der Waals surface area (Å²) in [6.45, 7) is 3.58. The maximum atomic E-state index is 13.5. The Kier molecular flexibility index (Phi) is 10.4. The van der Waals surface area contributed by atoms with Crippen molar-refractivity contribution >= 4 is 41.2 Å². The van der Waals surface area contributed by atoms with Gasteiger partial charge in [-0.3, -0.25) is 28.8 Å². The first-order valence-electron chi connectivity index (χ1n) is 16.3. The Labute approximate surface area is 272 Å². The van der Waals surface area contributed by atoms with Gasteiger partial charge in [0.05, 0.1) is 6.10 Å². The average Bonchev–Trinajstić information content (AvgIpc) is 3.38. The van der Waals surface area contributed by atoms with E-state index in [-0.39, 0.29) is 60.7 Å². The molecule has 13 nitrogen and oxygen atoms in total. The van der Waals surface area contributed by atoms with Crippen LogP contribution in [0.15, 0.2) is 33.6 Å². The first kappa shape index (κ1) is 33.8. The molecule has 3 aliphatic rings. The molecule has 13 heteroatoms. The highest BCUT2D eigenvalue weighted by molar-refractivity contribution is 6.36. The van der Waals surface area contributed by atoms with E-state index in [2.05, 4.69) is 28.2 Å². The summed E-state index contributed by atoms with van der Waals surface area (Å²) in [4.78, 5) is 77.3. The van der Waals surface area contributed by atoms with Gasteiger partial charge in [-0.2, -0.15) is 0 Å². The second-order valence-electron chi connectivity index (χ2n) is 13.0. The monoisotopic (exact) mass is 649 g/mol. The van der Waals surface area contributed by atoms with Gasteiger partial charge in [-0.15, -0.1) is 0 Å². The van der Waals surface area contributed by atoms with E-state index in [1.165, 1.54) is 29.9 Å². The molecule has 0 saturated heterocycles. The maximum absolute atomic E-state index is 13.5. The largest absolute Gasteiger partial charge is 0.451 e. The SMILES string of the molecule is CNC(=O)C(=O)CCC(NC(=O)c1oc2c(c1C)CCC=C2)C(=O)Nc1cccn(CC(=O)NC2C(C)CC3CC(O)CC2C3)c1=O. The van der Waals surface area contributed by atoms with Crippen molar-refractivity contribution in [3.63, 3.8) is 0 Å². The number of aromatic nitrogens is 1. The lowest BCUT2D eigenvalue weighted by Gasteiger charge is -2.46. The lowest BCUT2D eigenvalue weighted by atomic mass is 9.65. The molecule has 5 N–H and O–H groups in total. The summed E-state index contributed by atoms with van der Waals surface area (Å²) in [6, 6.07) is 1.50. The highest BCUT2D eigenvalue weighted by Gasteiger charge is 2.41. The molecule has 0 aliphatic heterocycles. The van der Waals surface area contributed by atoms with Crippen LogP contribution in [0.5, 0.6) is 0 Å². The number of likely N-dealkylation sites (N-methyl/N-ethyl adjacent to an activating group) is 1. The molecule has 0 radical (unpaired) electrons. The Hall–Kier alpha value is -4.52. The van der Waals surface area contributed by atoms with Crippen molar-refractivity contribution in [1.29, 1.82) is 0 Å². The van der Waals surface area contributed by atoms with Gasteiger partial charge < -0.3 is 35.4 Å². The van der Waals surface area contributed by atoms with E-state index in [0.717, 1.165) is 31.2 Å². The van der Waals surface area contributed by atoms with Crippen LogP contribution in [0.1, 0.15) is 79.3 Å². The van der Waals surface area contributed by atoms with Crippen LogP contribution in [0.2, 0.25) is 0 Å². The van der Waals surface area contributed by atoms with Crippen LogP contribution in [-0.4, -0.2) is 64.3 Å². The van der Waals surface area contributed by atoms with E-state index in [0.29, 0.717) is 30.1 Å². The number of carbonyl (C=O) groups excluding carboxylic acids is 5. The molecule has 2 bridgehead atoms. The molecule has 0 spiro atoms. The van der Waals surface area contributed by atoms with Crippen molar-refractivity contribution in [1.82, 2.24) is 20.5 Å². The zero-order valence-electron chi connectivity index (χ0n) is 27.0. The summed E-state index contributed by atoms with van der Waals surface area (Å²) in [7, 11) is 1.31. The normalized spacial score (nSPS) is 23.6. The Morgan fingerprint density at radius 1 is 1.13 bits per heavy atom. The third kappa shape index (κ3) is 7.73. The number of amides is 4. The van der Waals surface area contributed by atoms with Crippen LogP contribution >= 0.6 is 0 Å². The van der Waals surface area contributed by atoms with Crippen LogP contribution in [0, 0.1) is 24.7 Å². The molecule has 2 saturated carbocycles. The van der Waals surface area contributed by atoms with Gasteiger partial charge in [0.15, 0.2) is 5.76 Å². The van der Waals surface area contributed by atoms with Gasteiger partial charge in [0.2, 0.25) is 17.6 Å². The molecular formula is C34H43N5O8. The molecule has 2 fully saturated rings. The predicted molar refractivity (Wildman–Crippen MR) is 172 cm³/mol. The van der Waals surface area contributed by atoms with Crippen molar-refractivity contribution in [2.24, 2.45) is 17.8 Å². The van der Waals surface area contributed by atoms with Gasteiger partial charge in [-0.25, -0.2) is 0 Å². The summed E-state index contributed by atoms with van der Waals surface area (Å²) in [6.07, 6.45) is 9.08. The number of hydrogen-bond acceptors (Lipinski definition) is 8. The number of rotatable bonds is 11. The summed E-state index contributed by atoms with van der Waals surface area (Å²) in [5.41, 5.74) is 0.796. The molecule has 6 atom stereocenters. The van der Waals surface area contributed by atoms with Crippen molar-refractivity contribution in [2.75, 3.05) is 12.4 Å². The molecule has 2 aromatic rings. The maximum Gasteiger partial charge on any atom is 0.287 e. The minimum absolute atomic E-state index is 0.0376. The smallest absolute Gasteiger partial charge is 0.287 e. The van der Waals surface area contributed by atoms with Crippen molar-refractivity contribution < 1.29 is 33.5 Å². The molecular weight excluding hydrogens is 606 g/mol. The fourth-order valence-electron chi connectivity index (χ4n) is 7.37. The summed E-state index contributed by atoms with van der Waals surface area (Å²) in [5, 5.41) is 20.7. The summed E-state index contributed by atoms with van der Waals surface area (Å²) in [5.74, 6) is -1.92. The van der Waals surface area contributed by atoms with Gasteiger partial charge >= 0.3 is 0 Å². The van der Waals surface area contributed by atoms with Crippen LogP contribution in [0.3, 0.4) is 0 Å². The fraction of sp³-hybridized carbons (Fsp3) is 0.529. The Balaban J connectivity index is 1.28. The zero-order valence-corrected chi connectivity index (χ0v) is 27.0. The van der Waals surface area contributed by atoms with E-state index in [4.69, 9.17) is 4.42 Å². The molecule has 3 aliphatic carbocycles. The summed E-state index contributed by atoms with van der Waals surface area (Å²) >= 11 is 0. The topological polar surface area (TPSA) is 189 Å². The van der Waals surface area contributed by atoms with Crippen molar-refractivity contribution in [2.45, 2.75) is 89.9 Å². The lowest BCUT2D eigenvalue weighted by Crippen LogP contribution is -2.52. The predicted octanol–water partition coefficient (Wildman–Crippen LogP) is 1.84. The Morgan fingerprint density at radius 2 is 1.91 bits per heavy atom. The lowest BCUT2D eigenvalue weighted by molar-refractivity contribution is -0.137. The van der Waals surface area contributed by atoms with Gasteiger partial charge in [0, 0.05) is 36.8 Å². The number of anilines is 1. The summed E-state index contributed by atoms with van der Waals surface area (Å²) < 4.78 is 6.96. The number of furan rings is 1. The van der Waals surface area contributed by atoms with E-state index in [1.807, 2.05) is 6.08 Å². The minimum atomic E-state index is -1.30. The second kappa shape index (κ2) is 14.5. The quantitative estimate of drug-likeness (QED) is 0.228. The van der Waals surface area contributed by atoms with E-state index < -0.39 is 35.1 Å². The Morgan fingerprint density at radius 3 is 2.66 bits per heavy atom. The number of allylic oxidation sites excluding steroid dienone is 1. The molecule has 2 aromatic heterocycles. The molecule has 252 valence electrons. The number of aliphatic hydroxyl groups excluding tert-OH is 1. The molecule has 6 unspecified atom stereocenters. The standard InChI is InChI=1S/C34H43N5O8/c1-18-13-20-14-21(16-22(40)15-20)29(18)38-28(42)17-39-12-6-8-25(34(39)46)37-31(43)24(10-11-26(41)32(44)35-3)36-33(45)30-19(2)23-7-4-5-9-27(23)47-30/h5-6,8-9,12,18,20-22,24,29,40H,4,7,10-11,13-17H2,1-3H3,(H,35,44)(H,36,45)(H,37,43)(H,38,42). The van der Waals surface area contributed by atoms with Gasteiger partial charge in [0.25, 0.3) is 17.4 Å². The number of fused-ring (bicyclic) bond motifs is 3. The highest BCUT2D eigenvalue weighted by Crippen LogP contribution is 2.42. The number of carbonyl (C=O) groups is 5. The highest BCUT2D eigenvalue weighted by atomic mass is 16.4. The molecule has 47 heavy (non-hydrogen) atoms. The molecule has 4 amide bonds. The third-order valence-electron chi connectivity index (χ3n) is 9.66. The zero-order chi connectivity index (χ0) is 33.8. The van der Waals surface area contributed by atoms with Gasteiger partial charge in [-0.05, 0) is 87.8 Å². The number of Topliss-reactive ketones (excluding diaryl/α,β-unsaturated/α-hetero) is 1. The third-order valence-corrected chi connectivity index (χ3v) is 9.66. The van der Waals surface area contributed by atoms with Crippen LogP contribution in [0.4, 0.5) is 5.69 Å². The van der Waals surface area contributed by atoms with E-state index >= 15 is 0 Å². The average molecular weight is 650 g/mol. The number of nitrogens with zero attached hydrogens (tertiary/aromatic N) is 1. The number of aliphatic hydroxyl groups is 1. The fourth-order valence-corrected chi connectivity index (χ4v) is 7.37. The number of ketones is 1. The van der Waals surface area contributed by atoms with Crippen molar-refractivity contribution in [3.05, 3.63) is 57.4 Å². The first-order chi connectivity index (χ1) is 22.4. The molecule has 0 aromatic carbocycles. The number of hydrogen-bond donors (Lipinski definition) is 5. The molecule has 5 rings (SSSR count). The van der Waals surface area contributed by atoms with Crippen LogP contribution < -0.4 is 26.8 Å². The number of pyridine rings is 1. The Bertz CT molecular complexity index is 1640. The van der Waals surface area contributed by atoms with E-state index in [9.17, 15) is 33.9 Å². The van der Waals surface area contributed by atoms with Gasteiger partial charge in [-0.1, -0.05) is 13.0 Å². The first-order valence-corrected chi connectivity index (χ1v) is 16.3.